The summed E-state index contributed by atoms with van der Waals surface area (Å²) < 4.78 is 5.63. The smallest absolute Gasteiger partial charge is 0.195 e. The lowest BCUT2D eigenvalue weighted by Crippen LogP contribution is -2.32. The van der Waals surface area contributed by atoms with Crippen molar-refractivity contribution in [3.05, 3.63) is 42.1 Å². The van der Waals surface area contributed by atoms with Crippen LogP contribution in [0.15, 0.2) is 30.3 Å². The minimum absolute atomic E-state index is 0.0330. The number of carbonyl (C=O) groups is 1. The first-order valence-electron chi connectivity index (χ1n) is 5.98. The fraction of sp³-hybridized carbons (Fsp3) is 0.429. The molecular weight excluding hydrogens is 214 g/mol. The lowest BCUT2D eigenvalue weighted by Gasteiger charge is -2.27. The van der Waals surface area contributed by atoms with Gasteiger partial charge in [0.15, 0.2) is 12.0 Å². The van der Waals surface area contributed by atoms with Crippen molar-refractivity contribution < 1.29 is 9.53 Å². The Balaban J connectivity index is 2.81. The van der Waals surface area contributed by atoms with E-state index in [2.05, 4.69) is 18.7 Å². The Morgan fingerprint density at radius 2 is 1.76 bits per heavy atom. The van der Waals surface area contributed by atoms with Gasteiger partial charge in [-0.25, -0.2) is 0 Å². The largest absolute Gasteiger partial charge is 0.343 e. The normalized spacial score (nSPS) is 11.1. The van der Waals surface area contributed by atoms with Gasteiger partial charge in [-0.3, -0.25) is 9.69 Å². The van der Waals surface area contributed by atoms with Gasteiger partial charge in [0.25, 0.3) is 0 Å². The number of hydrogen-bond acceptors (Lipinski definition) is 3. The highest BCUT2D eigenvalue weighted by molar-refractivity contribution is 5.76. The van der Waals surface area contributed by atoms with Gasteiger partial charge in [0, 0.05) is 5.56 Å². The highest BCUT2D eigenvalue weighted by Crippen LogP contribution is 2.20. The maximum atomic E-state index is 11.0. The van der Waals surface area contributed by atoms with E-state index < -0.39 is 0 Å². The Hall–Kier alpha value is -1.19. The van der Waals surface area contributed by atoms with E-state index in [9.17, 15) is 4.79 Å². The molecule has 3 heteroatoms. The summed E-state index contributed by atoms with van der Waals surface area (Å²) >= 11 is 0. The minimum Gasteiger partial charge on any atom is -0.343 e. The van der Waals surface area contributed by atoms with Crippen LogP contribution in [0.5, 0.6) is 0 Å². The molecule has 0 saturated carbocycles. The van der Waals surface area contributed by atoms with Crippen molar-refractivity contribution in [3.63, 3.8) is 0 Å². The SMILES string of the molecule is CCN(CC)[C](OCC(C)=O)c1ccccc1. The van der Waals surface area contributed by atoms with E-state index in [-0.39, 0.29) is 12.4 Å². The molecule has 93 valence electrons. The Labute approximate surface area is 103 Å². The fourth-order valence-corrected chi connectivity index (χ4v) is 1.62. The van der Waals surface area contributed by atoms with Gasteiger partial charge >= 0.3 is 0 Å². The summed E-state index contributed by atoms with van der Waals surface area (Å²) in [5.74, 6) is 0.0330. The quantitative estimate of drug-likeness (QED) is 0.726. The van der Waals surface area contributed by atoms with E-state index in [4.69, 9.17) is 4.74 Å². The predicted octanol–water partition coefficient (Wildman–Crippen LogP) is 2.47. The van der Waals surface area contributed by atoms with E-state index >= 15 is 0 Å². The van der Waals surface area contributed by atoms with Crippen molar-refractivity contribution >= 4 is 5.78 Å². The van der Waals surface area contributed by atoms with Crippen molar-refractivity contribution in [1.82, 2.24) is 4.90 Å². The van der Waals surface area contributed by atoms with Gasteiger partial charge in [0.1, 0.15) is 6.61 Å². The lowest BCUT2D eigenvalue weighted by atomic mass is 10.2. The molecule has 1 aromatic carbocycles. The molecule has 3 nitrogen and oxygen atoms in total. The first-order chi connectivity index (χ1) is 8.19. The molecule has 0 heterocycles. The van der Waals surface area contributed by atoms with Crippen LogP contribution in [0.3, 0.4) is 0 Å². The number of carbonyl (C=O) groups excluding carboxylic acids is 1. The molecule has 1 radical (unpaired) electrons. The second kappa shape index (κ2) is 7.20. The van der Waals surface area contributed by atoms with Crippen molar-refractivity contribution in [2.75, 3.05) is 19.7 Å². The third-order valence-electron chi connectivity index (χ3n) is 2.48. The van der Waals surface area contributed by atoms with Crippen LogP contribution >= 0.6 is 0 Å². The highest BCUT2D eigenvalue weighted by atomic mass is 16.5. The van der Waals surface area contributed by atoms with Crippen molar-refractivity contribution in [2.45, 2.75) is 20.8 Å². The van der Waals surface area contributed by atoms with E-state index in [1.807, 2.05) is 30.3 Å². The zero-order valence-electron chi connectivity index (χ0n) is 10.8. The lowest BCUT2D eigenvalue weighted by molar-refractivity contribution is -0.122. The van der Waals surface area contributed by atoms with Gasteiger partial charge < -0.3 is 4.74 Å². The molecule has 0 aliphatic rings. The number of nitrogens with zero attached hydrogens (tertiary/aromatic N) is 1. The molecule has 0 saturated heterocycles. The minimum atomic E-state index is 0.0330. The molecule has 0 fully saturated rings. The number of ether oxygens (including phenoxy) is 1. The Morgan fingerprint density at radius 1 is 1.18 bits per heavy atom. The predicted molar refractivity (Wildman–Crippen MR) is 68.3 cm³/mol. The van der Waals surface area contributed by atoms with Gasteiger partial charge in [-0.2, -0.15) is 0 Å². The maximum absolute atomic E-state index is 11.0. The summed E-state index contributed by atoms with van der Waals surface area (Å²) in [6, 6.07) is 9.89. The Bertz CT molecular complexity index is 333. The standard InChI is InChI=1S/C14H20NO2/c1-4-15(5-2)14(17-11-12(3)16)13-9-7-6-8-10-13/h6-10H,4-5,11H2,1-3H3. The first kappa shape index (κ1) is 13.9. The van der Waals surface area contributed by atoms with Crippen LogP contribution in [0.25, 0.3) is 0 Å². The van der Waals surface area contributed by atoms with Crippen molar-refractivity contribution in [1.29, 1.82) is 0 Å². The van der Waals surface area contributed by atoms with Crippen molar-refractivity contribution in [2.24, 2.45) is 0 Å². The molecule has 0 aliphatic carbocycles. The van der Waals surface area contributed by atoms with Crippen molar-refractivity contribution in [3.8, 4) is 0 Å². The van der Waals surface area contributed by atoms with Crippen LogP contribution in [-0.4, -0.2) is 30.4 Å². The second-order valence-corrected chi connectivity index (χ2v) is 3.83. The molecular formula is C14H20NO2. The summed E-state index contributed by atoms with van der Waals surface area (Å²) in [5.41, 5.74) is 1.01. The molecule has 1 aromatic rings. The van der Waals surface area contributed by atoms with E-state index in [0.717, 1.165) is 24.9 Å². The summed E-state index contributed by atoms with van der Waals surface area (Å²) in [4.78, 5) is 13.1. The number of benzene rings is 1. The third-order valence-corrected chi connectivity index (χ3v) is 2.48. The fourth-order valence-electron chi connectivity index (χ4n) is 1.62. The van der Waals surface area contributed by atoms with Gasteiger partial charge in [0.05, 0.1) is 0 Å². The molecule has 0 aliphatic heterocycles. The zero-order valence-corrected chi connectivity index (χ0v) is 10.8. The highest BCUT2D eigenvalue weighted by Gasteiger charge is 2.20. The molecule has 0 amide bonds. The second-order valence-electron chi connectivity index (χ2n) is 3.83. The summed E-state index contributed by atoms with van der Waals surface area (Å²) in [6.45, 7) is 7.52. The van der Waals surface area contributed by atoms with Gasteiger partial charge in [-0.15, -0.1) is 0 Å². The van der Waals surface area contributed by atoms with Crippen LogP contribution < -0.4 is 0 Å². The molecule has 17 heavy (non-hydrogen) atoms. The topological polar surface area (TPSA) is 29.5 Å². The summed E-state index contributed by atoms with van der Waals surface area (Å²) in [7, 11) is 0. The van der Waals surface area contributed by atoms with Crippen LogP contribution in [0.4, 0.5) is 0 Å². The molecule has 0 bridgehead atoms. The number of ketones is 1. The molecule has 0 spiro atoms. The number of rotatable bonds is 7. The molecule has 1 rings (SSSR count). The average molecular weight is 234 g/mol. The summed E-state index contributed by atoms with van der Waals surface area (Å²) in [5, 5.41) is 0. The van der Waals surface area contributed by atoms with Gasteiger partial charge in [-0.05, 0) is 20.0 Å². The van der Waals surface area contributed by atoms with Crippen LogP contribution in [0.2, 0.25) is 0 Å². The number of Topliss-reactive ketones (excluding diaryl/α,β-unsaturated/α-hetero) is 1. The Kier molecular flexibility index (Phi) is 5.87. The van der Waals surface area contributed by atoms with Crippen LogP contribution in [0.1, 0.15) is 26.3 Å². The van der Waals surface area contributed by atoms with Gasteiger partial charge in [-0.1, -0.05) is 44.2 Å². The maximum Gasteiger partial charge on any atom is 0.195 e. The van der Waals surface area contributed by atoms with Crippen LogP contribution in [0, 0.1) is 6.23 Å². The molecule has 0 N–H and O–H groups in total. The molecule has 0 atom stereocenters. The summed E-state index contributed by atoms with van der Waals surface area (Å²) in [6.07, 6.45) is 0.783. The average Bonchev–Trinajstić information content (AvgIpc) is 2.35. The zero-order chi connectivity index (χ0) is 12.7. The molecule has 0 unspecified atom stereocenters. The van der Waals surface area contributed by atoms with E-state index in [1.165, 1.54) is 6.92 Å². The molecule has 0 aromatic heterocycles. The Morgan fingerprint density at radius 3 is 2.24 bits per heavy atom. The first-order valence-corrected chi connectivity index (χ1v) is 5.98. The monoisotopic (exact) mass is 234 g/mol. The van der Waals surface area contributed by atoms with Crippen LogP contribution in [-0.2, 0) is 9.53 Å². The van der Waals surface area contributed by atoms with E-state index in [1.54, 1.807) is 0 Å². The van der Waals surface area contributed by atoms with Gasteiger partial charge in [0.2, 0.25) is 0 Å². The van der Waals surface area contributed by atoms with E-state index in [0.29, 0.717) is 0 Å². The number of hydrogen-bond donors (Lipinski definition) is 0. The third kappa shape index (κ3) is 4.29.